The Kier molecular flexibility index (Phi) is 5.39. The second-order valence-corrected chi connectivity index (χ2v) is 14.4. The molecule has 11 rings (SSSR count). The SMILES string of the molecule is c1ccc(N(c2ccccc2)c2cc3c4c(c2)n2c5ccccc5sc5cccc(c52)n-4c2cccc4sc5ccccc5n3c42)cc1. The van der Waals surface area contributed by atoms with Crippen molar-refractivity contribution in [1.29, 1.82) is 0 Å². The second kappa shape index (κ2) is 9.84. The number of benzene rings is 7. The van der Waals surface area contributed by atoms with Gasteiger partial charge in [-0.3, -0.25) is 0 Å². The first-order valence-corrected chi connectivity index (χ1v) is 17.8. The lowest BCUT2D eigenvalue weighted by Crippen LogP contribution is -2.15. The van der Waals surface area contributed by atoms with Crippen molar-refractivity contribution in [2.75, 3.05) is 4.90 Å². The van der Waals surface area contributed by atoms with Gasteiger partial charge in [-0.1, -0.05) is 72.8 Å². The maximum atomic E-state index is 2.53. The average Bonchev–Trinajstić information content (AvgIpc) is 3.14. The summed E-state index contributed by atoms with van der Waals surface area (Å²) in [6.45, 7) is 0. The quantitative estimate of drug-likeness (QED) is 0.137. The maximum absolute atomic E-state index is 2.53. The Balaban J connectivity index is 1.47. The molecule has 0 radical (unpaired) electrons. The highest BCUT2D eigenvalue weighted by molar-refractivity contribution is 7.25. The molecule has 2 aromatic heterocycles. The summed E-state index contributed by atoms with van der Waals surface area (Å²) in [5.74, 6) is 0. The van der Waals surface area contributed by atoms with Crippen LogP contribution in [0.4, 0.5) is 17.1 Å². The van der Waals surface area contributed by atoms with E-state index in [1.807, 2.05) is 22.7 Å². The normalized spacial score (nSPS) is 12.2. The Bertz CT molecular complexity index is 2810. The minimum atomic E-state index is 1.11. The lowest BCUT2D eigenvalue weighted by Gasteiger charge is -2.30. The Hall–Kier alpha value is -5.82. The zero-order valence-corrected chi connectivity index (χ0v) is 27.2. The molecule has 0 spiro atoms. The first-order chi connectivity index (χ1) is 23.8. The van der Waals surface area contributed by atoms with E-state index in [2.05, 4.69) is 176 Å². The Morgan fingerprint density at radius 3 is 1.27 bits per heavy atom. The van der Waals surface area contributed by atoms with Crippen LogP contribution in [0.5, 0.6) is 0 Å². The van der Waals surface area contributed by atoms with E-state index in [-0.39, 0.29) is 0 Å². The van der Waals surface area contributed by atoms with E-state index in [4.69, 9.17) is 0 Å². The van der Waals surface area contributed by atoms with Crippen LogP contribution in [0.1, 0.15) is 0 Å². The molecule has 4 heterocycles. The largest absolute Gasteiger partial charge is 0.310 e. The predicted molar refractivity (Wildman–Crippen MR) is 206 cm³/mol. The van der Waals surface area contributed by atoms with Crippen LogP contribution in [0.2, 0.25) is 0 Å². The molecule has 7 aromatic carbocycles. The summed E-state index contributed by atoms with van der Waals surface area (Å²) in [4.78, 5) is 2.39. The van der Waals surface area contributed by atoms with Crippen LogP contribution >= 0.6 is 22.7 Å². The summed E-state index contributed by atoms with van der Waals surface area (Å²) in [5, 5.41) is 0. The zero-order valence-electron chi connectivity index (χ0n) is 25.6. The number of rotatable bonds is 3. The van der Waals surface area contributed by atoms with Gasteiger partial charge in [0.15, 0.2) is 0 Å². The van der Waals surface area contributed by atoms with Gasteiger partial charge in [0.05, 0.1) is 74.3 Å². The van der Waals surface area contributed by atoms with E-state index in [0.29, 0.717) is 0 Å². The fourth-order valence-corrected chi connectivity index (χ4v) is 9.87. The van der Waals surface area contributed by atoms with Gasteiger partial charge >= 0.3 is 0 Å². The van der Waals surface area contributed by atoms with Gasteiger partial charge in [-0.25, -0.2) is 0 Å². The predicted octanol–water partition coefficient (Wildman–Crippen LogP) is 12.3. The van der Waals surface area contributed by atoms with Crippen molar-refractivity contribution < 1.29 is 0 Å². The molecule has 2 aliphatic heterocycles. The first kappa shape index (κ1) is 26.3. The number of anilines is 3. The third kappa shape index (κ3) is 3.53. The van der Waals surface area contributed by atoms with Crippen molar-refractivity contribution in [3.63, 3.8) is 0 Å². The van der Waals surface area contributed by atoms with Crippen LogP contribution in [0.3, 0.4) is 0 Å². The molecule has 4 nitrogen and oxygen atoms in total. The number of nitrogens with zero attached hydrogens (tertiary/aromatic N) is 4. The Morgan fingerprint density at radius 1 is 0.354 bits per heavy atom. The third-order valence-electron chi connectivity index (χ3n) is 9.58. The van der Waals surface area contributed by atoms with Crippen LogP contribution < -0.4 is 4.90 Å². The number of hydrogen-bond donors (Lipinski definition) is 0. The van der Waals surface area contributed by atoms with Gasteiger partial charge in [0, 0.05) is 11.4 Å². The van der Waals surface area contributed by atoms with Gasteiger partial charge in [0.1, 0.15) is 0 Å². The summed E-state index contributed by atoms with van der Waals surface area (Å²) in [6, 6.07) is 57.5. The molecule has 226 valence electrons. The summed E-state index contributed by atoms with van der Waals surface area (Å²) >= 11 is 3.72. The van der Waals surface area contributed by atoms with Crippen LogP contribution in [0.25, 0.3) is 68.6 Å². The molecule has 0 saturated carbocycles. The molecular weight excluding hydrogens is 625 g/mol. The highest BCUT2D eigenvalue weighted by atomic mass is 32.1. The average molecular weight is 651 g/mol. The van der Waals surface area contributed by atoms with Crippen molar-refractivity contribution in [3.05, 3.63) is 158 Å². The first-order valence-electron chi connectivity index (χ1n) is 16.1. The summed E-state index contributed by atoms with van der Waals surface area (Å²) in [5.41, 5.74) is 14.2. The summed E-state index contributed by atoms with van der Waals surface area (Å²) < 4.78 is 12.6. The van der Waals surface area contributed by atoms with Gasteiger partial charge in [0.2, 0.25) is 0 Å². The minimum absolute atomic E-state index is 1.11. The molecule has 0 aliphatic carbocycles. The van der Waals surface area contributed by atoms with Crippen LogP contribution in [0, 0.1) is 0 Å². The van der Waals surface area contributed by atoms with Gasteiger partial charge in [-0.2, -0.15) is 0 Å². The van der Waals surface area contributed by atoms with Crippen LogP contribution in [-0.2, 0) is 0 Å². The fraction of sp³-hybridized carbons (Fsp3) is 0. The monoisotopic (exact) mass is 650 g/mol. The zero-order chi connectivity index (χ0) is 31.3. The molecule has 0 unspecified atom stereocenters. The molecular formula is C42H26N4S2. The Morgan fingerprint density at radius 2 is 0.771 bits per heavy atom. The Labute approximate surface area is 283 Å². The van der Waals surface area contributed by atoms with Crippen molar-refractivity contribution in [2.45, 2.75) is 0 Å². The second-order valence-electron chi connectivity index (χ2n) is 12.2. The smallest absolute Gasteiger partial charge is 0.0949 e. The van der Waals surface area contributed by atoms with E-state index in [9.17, 15) is 0 Å². The van der Waals surface area contributed by atoms with E-state index in [1.54, 1.807) is 0 Å². The van der Waals surface area contributed by atoms with Gasteiger partial charge in [0.25, 0.3) is 0 Å². The molecule has 9 aromatic rings. The van der Waals surface area contributed by atoms with Crippen LogP contribution in [-0.4, -0.2) is 13.4 Å². The number of aromatic nitrogens is 3. The van der Waals surface area contributed by atoms with E-state index in [0.717, 1.165) is 17.1 Å². The molecule has 6 heteroatoms. The van der Waals surface area contributed by atoms with Gasteiger partial charge < -0.3 is 18.3 Å². The van der Waals surface area contributed by atoms with Gasteiger partial charge in [-0.05, 0) is 84.9 Å². The van der Waals surface area contributed by atoms with Crippen LogP contribution in [0.15, 0.2) is 158 Å². The van der Waals surface area contributed by atoms with E-state index in [1.165, 1.54) is 68.6 Å². The maximum Gasteiger partial charge on any atom is 0.0949 e. The molecule has 0 amide bonds. The molecule has 48 heavy (non-hydrogen) atoms. The highest BCUT2D eigenvalue weighted by Gasteiger charge is 2.26. The van der Waals surface area contributed by atoms with Crippen molar-refractivity contribution >= 4 is 103 Å². The molecule has 0 N–H and O–H groups in total. The van der Waals surface area contributed by atoms with E-state index >= 15 is 0 Å². The number of para-hydroxylation sites is 6. The standard InChI is InChI=1S/C42H26N4S2/c1-3-13-27(14-4-1)43(28-15-5-2-6-16-28)29-25-34-40-35(26-29)45-31-18-8-10-22-37(31)48-39-24-12-20-33(42(39)45)46(40)32-19-11-23-38-41(32)44(34)30-17-7-9-21-36(30)47-38/h1-26H. The van der Waals surface area contributed by atoms with Crippen molar-refractivity contribution in [1.82, 2.24) is 13.4 Å². The lowest BCUT2D eigenvalue weighted by molar-refractivity contribution is 1.10. The molecule has 0 fully saturated rings. The van der Waals surface area contributed by atoms with Crippen molar-refractivity contribution in [3.8, 4) is 5.69 Å². The van der Waals surface area contributed by atoms with E-state index < -0.39 is 0 Å². The van der Waals surface area contributed by atoms with Crippen molar-refractivity contribution in [2.24, 2.45) is 0 Å². The summed E-state index contributed by atoms with van der Waals surface area (Å²) in [7, 11) is 0. The molecule has 2 aliphatic rings. The molecule has 0 bridgehead atoms. The van der Waals surface area contributed by atoms with Gasteiger partial charge in [-0.15, -0.1) is 22.7 Å². The highest BCUT2D eigenvalue weighted by Crippen LogP contribution is 2.46. The summed E-state index contributed by atoms with van der Waals surface area (Å²) in [6.07, 6.45) is 0. The molecule has 0 atom stereocenters. The molecule has 0 saturated heterocycles. The minimum Gasteiger partial charge on any atom is -0.310 e. The third-order valence-corrected chi connectivity index (χ3v) is 11.8. The number of fused-ring (bicyclic) bond motifs is 8. The lowest BCUT2D eigenvalue weighted by atomic mass is 10.1. The fourth-order valence-electron chi connectivity index (χ4n) is 7.69. The number of hydrogen-bond acceptors (Lipinski definition) is 3. The topological polar surface area (TPSA) is 17.0 Å².